The van der Waals surface area contributed by atoms with E-state index in [2.05, 4.69) is 28.4 Å². The van der Waals surface area contributed by atoms with Gasteiger partial charge in [-0.3, -0.25) is 0 Å². The number of nitrogens with zero attached hydrogens (tertiary/aromatic N) is 3. The zero-order chi connectivity index (χ0) is 10.4. The van der Waals surface area contributed by atoms with Crippen LogP contribution < -0.4 is 5.32 Å². The van der Waals surface area contributed by atoms with Crippen molar-refractivity contribution >= 4 is 11.8 Å². The van der Waals surface area contributed by atoms with Gasteiger partial charge in [-0.1, -0.05) is 24.6 Å². The van der Waals surface area contributed by atoms with Crippen molar-refractivity contribution in [1.82, 2.24) is 20.1 Å². The van der Waals surface area contributed by atoms with Crippen LogP contribution in [0.15, 0.2) is 11.5 Å². The van der Waals surface area contributed by atoms with Crippen LogP contribution in [0.2, 0.25) is 0 Å². The highest BCUT2D eigenvalue weighted by Crippen LogP contribution is 2.18. The summed E-state index contributed by atoms with van der Waals surface area (Å²) in [5.74, 6) is 2.54. The summed E-state index contributed by atoms with van der Waals surface area (Å²) in [6, 6.07) is 0. The highest BCUT2D eigenvalue weighted by Gasteiger charge is 2.07. The molecule has 0 spiro atoms. The van der Waals surface area contributed by atoms with Gasteiger partial charge in [-0.25, -0.2) is 0 Å². The van der Waals surface area contributed by atoms with Crippen LogP contribution in [-0.2, 0) is 7.05 Å². The molecule has 14 heavy (non-hydrogen) atoms. The lowest BCUT2D eigenvalue weighted by Gasteiger charge is -2.09. The first-order chi connectivity index (χ1) is 6.74. The average molecular weight is 210 g/mol. The van der Waals surface area contributed by atoms with Crippen LogP contribution in [0, 0.1) is 12.3 Å². The average Bonchev–Trinajstić information content (AvgIpc) is 2.52. The molecule has 1 heterocycles. The molecule has 5 heteroatoms. The van der Waals surface area contributed by atoms with E-state index in [1.165, 1.54) is 0 Å². The highest BCUT2D eigenvalue weighted by molar-refractivity contribution is 7.99. The fourth-order valence-electron chi connectivity index (χ4n) is 0.949. The topological polar surface area (TPSA) is 42.7 Å². The van der Waals surface area contributed by atoms with E-state index in [-0.39, 0.29) is 0 Å². The molecular weight excluding hydrogens is 196 g/mol. The van der Waals surface area contributed by atoms with Crippen LogP contribution in [0.25, 0.3) is 0 Å². The van der Waals surface area contributed by atoms with E-state index in [4.69, 9.17) is 6.42 Å². The molecule has 1 unspecified atom stereocenters. The Labute approximate surface area is 88.5 Å². The molecule has 0 amide bonds. The van der Waals surface area contributed by atoms with Gasteiger partial charge in [-0.05, 0) is 0 Å². The van der Waals surface area contributed by atoms with Crippen molar-refractivity contribution in [2.45, 2.75) is 17.3 Å². The maximum Gasteiger partial charge on any atom is 0.191 e. The second-order valence-electron chi connectivity index (χ2n) is 2.99. The quantitative estimate of drug-likeness (QED) is 0.437. The van der Waals surface area contributed by atoms with Gasteiger partial charge in [0, 0.05) is 18.8 Å². The van der Waals surface area contributed by atoms with E-state index in [1.807, 2.05) is 11.6 Å². The molecule has 1 atom stereocenters. The first-order valence-electron chi connectivity index (χ1n) is 4.39. The van der Waals surface area contributed by atoms with Crippen molar-refractivity contribution in [1.29, 1.82) is 0 Å². The van der Waals surface area contributed by atoms with Crippen LogP contribution in [0.1, 0.15) is 6.92 Å². The third kappa shape index (κ3) is 3.40. The van der Waals surface area contributed by atoms with E-state index in [0.29, 0.717) is 11.8 Å². The van der Waals surface area contributed by atoms with E-state index >= 15 is 0 Å². The first kappa shape index (κ1) is 11.1. The van der Waals surface area contributed by atoms with E-state index in [1.54, 1.807) is 18.1 Å². The van der Waals surface area contributed by atoms with E-state index in [0.717, 1.165) is 11.7 Å². The number of aryl methyl sites for hydroxylation is 1. The molecule has 1 N–H and O–H groups in total. The number of hydrogen-bond donors (Lipinski definition) is 1. The number of aromatic nitrogens is 3. The zero-order valence-electron chi connectivity index (χ0n) is 8.40. The summed E-state index contributed by atoms with van der Waals surface area (Å²) in [6.07, 6.45) is 6.83. The molecule has 0 bridgehead atoms. The normalized spacial score (nSPS) is 12.4. The SMILES string of the molecule is C#CCNCC(C)Sc1nncn1C. The predicted molar refractivity (Wildman–Crippen MR) is 58.0 cm³/mol. The van der Waals surface area contributed by atoms with Crippen molar-refractivity contribution in [3.8, 4) is 12.3 Å². The van der Waals surface area contributed by atoms with Gasteiger partial charge in [0.15, 0.2) is 5.16 Å². The van der Waals surface area contributed by atoms with Crippen LogP contribution in [0.4, 0.5) is 0 Å². The largest absolute Gasteiger partial charge is 0.312 e. The summed E-state index contributed by atoms with van der Waals surface area (Å²) in [5.41, 5.74) is 0. The molecule has 0 aliphatic rings. The standard InChI is InChI=1S/C9H14N4S/c1-4-5-10-6-8(2)14-9-12-11-7-13(9)3/h1,7-8,10H,5-6H2,2-3H3. The predicted octanol–water partition coefficient (Wildman–Crippen LogP) is 0.518. The highest BCUT2D eigenvalue weighted by atomic mass is 32.2. The Morgan fingerprint density at radius 2 is 2.57 bits per heavy atom. The Bertz CT molecular complexity index is 315. The second kappa shape index (κ2) is 5.68. The third-order valence-electron chi connectivity index (χ3n) is 1.64. The molecule has 1 rings (SSSR count). The molecule has 4 nitrogen and oxygen atoms in total. The van der Waals surface area contributed by atoms with Gasteiger partial charge in [0.25, 0.3) is 0 Å². The van der Waals surface area contributed by atoms with Gasteiger partial charge in [0.05, 0.1) is 6.54 Å². The smallest absolute Gasteiger partial charge is 0.191 e. The molecule has 1 aromatic heterocycles. The molecular formula is C9H14N4S. The molecule has 0 aromatic carbocycles. The third-order valence-corrected chi connectivity index (χ3v) is 2.78. The van der Waals surface area contributed by atoms with Gasteiger partial charge in [-0.15, -0.1) is 16.6 Å². The van der Waals surface area contributed by atoms with Gasteiger partial charge >= 0.3 is 0 Å². The molecule has 0 radical (unpaired) electrons. The lowest BCUT2D eigenvalue weighted by molar-refractivity contribution is 0.736. The van der Waals surface area contributed by atoms with Crippen molar-refractivity contribution in [3.05, 3.63) is 6.33 Å². The monoisotopic (exact) mass is 210 g/mol. The summed E-state index contributed by atoms with van der Waals surface area (Å²) in [5, 5.41) is 12.3. The number of hydrogen-bond acceptors (Lipinski definition) is 4. The Hall–Kier alpha value is -0.990. The van der Waals surface area contributed by atoms with Crippen molar-refractivity contribution < 1.29 is 0 Å². The van der Waals surface area contributed by atoms with Crippen molar-refractivity contribution in [2.24, 2.45) is 7.05 Å². The maximum atomic E-state index is 5.13. The summed E-state index contributed by atoms with van der Waals surface area (Å²) < 4.78 is 1.91. The van der Waals surface area contributed by atoms with Crippen LogP contribution in [0.3, 0.4) is 0 Å². The summed E-state index contributed by atoms with van der Waals surface area (Å²) in [6.45, 7) is 3.62. The fraction of sp³-hybridized carbons (Fsp3) is 0.556. The number of terminal acetylenes is 1. The van der Waals surface area contributed by atoms with Crippen molar-refractivity contribution in [3.63, 3.8) is 0 Å². The minimum Gasteiger partial charge on any atom is -0.312 e. The van der Waals surface area contributed by atoms with Crippen molar-refractivity contribution in [2.75, 3.05) is 13.1 Å². The molecule has 1 aromatic rings. The fourth-order valence-corrected chi connectivity index (χ4v) is 1.82. The lowest BCUT2D eigenvalue weighted by atomic mass is 10.4. The van der Waals surface area contributed by atoms with Gasteiger partial charge < -0.3 is 9.88 Å². The zero-order valence-corrected chi connectivity index (χ0v) is 9.21. The molecule has 0 saturated carbocycles. The van der Waals surface area contributed by atoms with E-state index in [9.17, 15) is 0 Å². The Morgan fingerprint density at radius 3 is 3.14 bits per heavy atom. The second-order valence-corrected chi connectivity index (χ2v) is 4.39. The molecule has 76 valence electrons. The minimum absolute atomic E-state index is 0.436. The summed E-state index contributed by atoms with van der Waals surface area (Å²) >= 11 is 1.69. The maximum absolute atomic E-state index is 5.13. The first-order valence-corrected chi connectivity index (χ1v) is 5.27. The Morgan fingerprint density at radius 1 is 1.79 bits per heavy atom. The number of rotatable bonds is 5. The Balaban J connectivity index is 2.31. The molecule has 0 aliphatic heterocycles. The number of thioether (sulfide) groups is 1. The molecule has 0 saturated heterocycles. The van der Waals surface area contributed by atoms with E-state index < -0.39 is 0 Å². The molecule has 0 aliphatic carbocycles. The summed E-state index contributed by atoms with van der Waals surface area (Å²) in [7, 11) is 1.93. The van der Waals surface area contributed by atoms with Gasteiger partial charge in [0.2, 0.25) is 0 Å². The van der Waals surface area contributed by atoms with Crippen LogP contribution >= 0.6 is 11.8 Å². The lowest BCUT2D eigenvalue weighted by Crippen LogP contribution is -2.23. The minimum atomic E-state index is 0.436. The molecule has 0 fully saturated rings. The van der Waals surface area contributed by atoms with Crippen LogP contribution in [-0.4, -0.2) is 33.1 Å². The Kier molecular flexibility index (Phi) is 4.50. The van der Waals surface area contributed by atoms with Gasteiger partial charge in [-0.2, -0.15) is 0 Å². The van der Waals surface area contributed by atoms with Gasteiger partial charge in [0.1, 0.15) is 6.33 Å². The number of nitrogens with one attached hydrogen (secondary N) is 1. The van der Waals surface area contributed by atoms with Crippen LogP contribution in [0.5, 0.6) is 0 Å². The summed E-state index contributed by atoms with van der Waals surface area (Å²) in [4.78, 5) is 0.